The number of hydrogen-bond acceptors (Lipinski definition) is 7. The third-order valence-corrected chi connectivity index (χ3v) is 7.82. The molecule has 2 aliphatic heterocycles. The first kappa shape index (κ1) is 25.0. The number of ether oxygens (including phenoxy) is 3. The molecule has 1 unspecified atom stereocenters. The number of anilines is 1. The van der Waals surface area contributed by atoms with Crippen molar-refractivity contribution < 1.29 is 28.3 Å². The van der Waals surface area contributed by atoms with E-state index in [0.717, 1.165) is 42.4 Å². The van der Waals surface area contributed by atoms with E-state index in [2.05, 4.69) is 10.5 Å². The van der Waals surface area contributed by atoms with Crippen LogP contribution in [-0.4, -0.2) is 30.9 Å². The molecule has 0 radical (unpaired) electrons. The zero-order chi connectivity index (χ0) is 26.0. The van der Waals surface area contributed by atoms with Crippen molar-refractivity contribution in [1.82, 2.24) is 5.16 Å². The summed E-state index contributed by atoms with van der Waals surface area (Å²) in [6.45, 7) is 4.12. The van der Waals surface area contributed by atoms with Crippen molar-refractivity contribution in [3.05, 3.63) is 82.7 Å². The second kappa shape index (κ2) is 10.0. The zero-order valence-corrected chi connectivity index (χ0v) is 21.4. The van der Waals surface area contributed by atoms with Crippen molar-refractivity contribution in [1.29, 1.82) is 0 Å². The van der Waals surface area contributed by atoms with Crippen molar-refractivity contribution in [2.45, 2.75) is 63.1 Å². The lowest BCUT2D eigenvalue weighted by Gasteiger charge is -2.52. The Morgan fingerprint density at radius 1 is 1.05 bits per heavy atom. The number of nitrogens with one attached hydrogen (secondary N) is 1. The summed E-state index contributed by atoms with van der Waals surface area (Å²) in [5, 5.41) is 7.06. The number of nitrogens with zero attached hydrogens (tertiary/aromatic N) is 1. The standard InChI is InChI=1S/C29H32N2O6/c1-19-25(30-27(33)36-20(2)22-7-5-4-6-8-22)26(37-31-19)28-13-15-29(16-14-28,35-18-28)23-11-9-21(10-12-23)17-24(32)34-3/h4-12,20H,13-18H2,1-3H3,(H,30,33). The fourth-order valence-electron chi connectivity index (χ4n) is 5.49. The largest absolute Gasteiger partial charge is 0.469 e. The second-order valence-corrected chi connectivity index (χ2v) is 10.1. The Hall–Kier alpha value is -3.65. The maximum absolute atomic E-state index is 12.8. The minimum atomic E-state index is -0.547. The number of fused-ring (bicyclic) bond motifs is 3. The number of benzene rings is 2. The van der Waals surface area contributed by atoms with Gasteiger partial charge in [-0.1, -0.05) is 59.8 Å². The predicted molar refractivity (Wildman–Crippen MR) is 136 cm³/mol. The van der Waals surface area contributed by atoms with E-state index in [4.69, 9.17) is 18.7 Å². The van der Waals surface area contributed by atoms with Gasteiger partial charge >= 0.3 is 12.1 Å². The maximum Gasteiger partial charge on any atom is 0.412 e. The summed E-state index contributed by atoms with van der Waals surface area (Å²) in [5.74, 6) is 0.392. The number of carbonyl (C=O) groups is 2. The molecule has 6 rings (SSSR count). The molecule has 1 atom stereocenters. The van der Waals surface area contributed by atoms with Crippen LogP contribution in [0.1, 0.15) is 66.9 Å². The molecule has 37 heavy (non-hydrogen) atoms. The summed E-state index contributed by atoms with van der Waals surface area (Å²) in [6.07, 6.45) is 2.63. The Bertz CT molecular complexity index is 1240. The third kappa shape index (κ3) is 4.85. The fourth-order valence-corrected chi connectivity index (χ4v) is 5.49. The molecule has 1 N–H and O–H groups in total. The third-order valence-electron chi connectivity index (χ3n) is 7.82. The van der Waals surface area contributed by atoms with Gasteiger partial charge in [0.05, 0.1) is 31.2 Å². The Balaban J connectivity index is 1.28. The van der Waals surface area contributed by atoms with Crippen LogP contribution in [-0.2, 0) is 36.4 Å². The number of methoxy groups -OCH3 is 1. The molecule has 3 aromatic rings. The maximum atomic E-state index is 12.8. The van der Waals surface area contributed by atoms with Gasteiger partial charge in [-0.3, -0.25) is 10.1 Å². The number of carbonyl (C=O) groups excluding carboxylic acids is 2. The van der Waals surface area contributed by atoms with Crippen LogP contribution in [0.4, 0.5) is 10.5 Å². The molecule has 3 aliphatic rings. The summed E-state index contributed by atoms with van der Waals surface area (Å²) in [5.41, 5.74) is 3.39. The van der Waals surface area contributed by atoms with Gasteiger partial charge in [0.15, 0.2) is 5.76 Å². The van der Waals surface area contributed by atoms with Crippen LogP contribution >= 0.6 is 0 Å². The average molecular weight is 505 g/mol. The van der Waals surface area contributed by atoms with E-state index in [1.165, 1.54) is 7.11 Å². The molecular weight excluding hydrogens is 472 g/mol. The molecule has 8 heteroatoms. The Morgan fingerprint density at radius 3 is 2.38 bits per heavy atom. The zero-order valence-electron chi connectivity index (χ0n) is 21.4. The molecule has 2 saturated heterocycles. The highest BCUT2D eigenvalue weighted by Crippen LogP contribution is 2.56. The molecule has 1 aromatic heterocycles. The molecule has 3 fully saturated rings. The summed E-state index contributed by atoms with van der Waals surface area (Å²) >= 11 is 0. The van der Waals surface area contributed by atoms with Crippen LogP contribution in [0.15, 0.2) is 59.1 Å². The van der Waals surface area contributed by atoms with E-state index in [1.54, 1.807) is 0 Å². The van der Waals surface area contributed by atoms with Gasteiger partial charge < -0.3 is 18.7 Å². The van der Waals surface area contributed by atoms with Gasteiger partial charge in [-0.15, -0.1) is 0 Å². The molecule has 0 spiro atoms. The summed E-state index contributed by atoms with van der Waals surface area (Å²) in [6, 6.07) is 17.6. The topological polar surface area (TPSA) is 99.9 Å². The van der Waals surface area contributed by atoms with Gasteiger partial charge in [-0.2, -0.15) is 0 Å². The first-order valence-corrected chi connectivity index (χ1v) is 12.6. The Labute approximate surface area is 216 Å². The Kier molecular flexibility index (Phi) is 6.77. The second-order valence-electron chi connectivity index (χ2n) is 10.1. The highest BCUT2D eigenvalue weighted by atomic mass is 16.6. The SMILES string of the molecule is COC(=O)Cc1ccc(C23CCC(c4onc(C)c4NC(=O)OC(C)c4ccccc4)(CC2)CO3)cc1. The smallest absolute Gasteiger partial charge is 0.412 e. The number of rotatable bonds is 7. The van der Waals surface area contributed by atoms with Gasteiger partial charge in [0, 0.05) is 0 Å². The normalized spacial score (nSPS) is 23.3. The predicted octanol–water partition coefficient (Wildman–Crippen LogP) is 5.75. The van der Waals surface area contributed by atoms with Gasteiger partial charge in [0.25, 0.3) is 0 Å². The van der Waals surface area contributed by atoms with E-state index >= 15 is 0 Å². The molecule has 1 aliphatic carbocycles. The van der Waals surface area contributed by atoms with Crippen LogP contribution in [0.2, 0.25) is 0 Å². The van der Waals surface area contributed by atoms with E-state index in [0.29, 0.717) is 23.7 Å². The first-order valence-electron chi connectivity index (χ1n) is 12.6. The highest BCUT2D eigenvalue weighted by molar-refractivity contribution is 5.86. The average Bonchev–Trinajstić information content (AvgIpc) is 3.30. The van der Waals surface area contributed by atoms with Crippen LogP contribution < -0.4 is 5.32 Å². The highest BCUT2D eigenvalue weighted by Gasteiger charge is 2.54. The number of amides is 1. The van der Waals surface area contributed by atoms with Gasteiger partial charge in [0.2, 0.25) is 0 Å². The molecule has 2 bridgehead atoms. The van der Waals surface area contributed by atoms with Crippen LogP contribution in [0.5, 0.6) is 0 Å². The summed E-state index contributed by atoms with van der Waals surface area (Å²) < 4.78 is 22.7. The molecular formula is C29H32N2O6. The molecule has 1 saturated carbocycles. The molecule has 3 heterocycles. The lowest BCUT2D eigenvalue weighted by molar-refractivity contribution is -0.167. The van der Waals surface area contributed by atoms with Crippen LogP contribution in [0, 0.1) is 6.92 Å². The van der Waals surface area contributed by atoms with Gasteiger partial charge in [0.1, 0.15) is 17.5 Å². The monoisotopic (exact) mass is 504 g/mol. The molecule has 1 amide bonds. The lowest BCUT2D eigenvalue weighted by atomic mass is 9.63. The van der Waals surface area contributed by atoms with E-state index in [1.807, 2.05) is 68.4 Å². The van der Waals surface area contributed by atoms with Gasteiger partial charge in [-0.25, -0.2) is 4.79 Å². The van der Waals surface area contributed by atoms with Crippen LogP contribution in [0.25, 0.3) is 0 Å². The molecule has 8 nitrogen and oxygen atoms in total. The van der Waals surface area contributed by atoms with E-state index in [9.17, 15) is 9.59 Å². The van der Waals surface area contributed by atoms with Crippen molar-refractivity contribution >= 4 is 17.7 Å². The van der Waals surface area contributed by atoms with Crippen molar-refractivity contribution in [2.24, 2.45) is 0 Å². The first-order chi connectivity index (χ1) is 17.8. The summed E-state index contributed by atoms with van der Waals surface area (Å²) in [7, 11) is 1.39. The number of aromatic nitrogens is 1. The van der Waals surface area contributed by atoms with E-state index in [-0.39, 0.29) is 23.4 Å². The lowest BCUT2D eigenvalue weighted by Crippen LogP contribution is -2.51. The number of esters is 1. The molecule has 2 aromatic carbocycles. The van der Waals surface area contributed by atoms with Crippen molar-refractivity contribution in [3.8, 4) is 0 Å². The van der Waals surface area contributed by atoms with E-state index < -0.39 is 12.2 Å². The molecule has 194 valence electrons. The van der Waals surface area contributed by atoms with Crippen molar-refractivity contribution in [3.63, 3.8) is 0 Å². The Morgan fingerprint density at radius 2 is 1.76 bits per heavy atom. The van der Waals surface area contributed by atoms with Crippen molar-refractivity contribution in [2.75, 3.05) is 19.0 Å². The van der Waals surface area contributed by atoms with Gasteiger partial charge in [-0.05, 0) is 56.2 Å². The fraction of sp³-hybridized carbons (Fsp3) is 0.414. The minimum Gasteiger partial charge on any atom is -0.469 e. The minimum absolute atomic E-state index is 0.251. The number of hydrogen-bond donors (Lipinski definition) is 1. The number of aryl methyl sites for hydroxylation is 1. The quantitative estimate of drug-likeness (QED) is 0.409. The van der Waals surface area contributed by atoms with Crippen LogP contribution in [0.3, 0.4) is 0 Å². The summed E-state index contributed by atoms with van der Waals surface area (Å²) in [4.78, 5) is 24.4.